The van der Waals surface area contributed by atoms with E-state index >= 15 is 0 Å². The topological polar surface area (TPSA) is 32.3 Å². The normalized spacial score (nSPS) is 23.9. The Morgan fingerprint density at radius 1 is 1.45 bits per heavy atom. The number of piperidine rings is 1. The van der Waals surface area contributed by atoms with E-state index in [4.69, 9.17) is 0 Å². The minimum atomic E-state index is 0.189. The summed E-state index contributed by atoms with van der Waals surface area (Å²) < 4.78 is 0. The van der Waals surface area contributed by atoms with E-state index in [-0.39, 0.29) is 11.3 Å². The van der Waals surface area contributed by atoms with Crippen LogP contribution in [0.4, 0.5) is 0 Å². The molecule has 2 atom stereocenters. The molecule has 1 aliphatic heterocycles. The number of carbonyl (C=O) groups excluding carboxylic acids is 1. The minimum Gasteiger partial charge on any atom is -0.341 e. The number of hydrogen-bond donors (Lipinski definition) is 1. The molecule has 2 unspecified atom stereocenters. The van der Waals surface area contributed by atoms with Crippen molar-refractivity contribution in [3.05, 3.63) is 22.4 Å². The van der Waals surface area contributed by atoms with E-state index in [9.17, 15) is 4.79 Å². The van der Waals surface area contributed by atoms with Crippen molar-refractivity contribution in [2.45, 2.75) is 46.1 Å². The van der Waals surface area contributed by atoms with Crippen molar-refractivity contribution in [1.82, 2.24) is 10.2 Å². The Bertz CT molecular complexity index is 436. The van der Waals surface area contributed by atoms with Gasteiger partial charge in [-0.15, -0.1) is 11.3 Å². The zero-order valence-electron chi connectivity index (χ0n) is 13.0. The van der Waals surface area contributed by atoms with Crippen molar-refractivity contribution >= 4 is 17.2 Å². The smallest absolute Gasteiger partial charge is 0.219 e. The second-order valence-corrected chi connectivity index (χ2v) is 7.99. The van der Waals surface area contributed by atoms with Crippen LogP contribution in [0.25, 0.3) is 0 Å². The van der Waals surface area contributed by atoms with Crippen molar-refractivity contribution in [2.24, 2.45) is 5.41 Å². The van der Waals surface area contributed by atoms with Crippen LogP contribution >= 0.6 is 11.3 Å². The summed E-state index contributed by atoms with van der Waals surface area (Å²) >= 11 is 1.80. The highest BCUT2D eigenvalue weighted by Crippen LogP contribution is 2.30. The fourth-order valence-corrected chi connectivity index (χ4v) is 3.52. The molecule has 1 aromatic heterocycles. The molecule has 1 saturated heterocycles. The molecule has 2 heterocycles. The van der Waals surface area contributed by atoms with Crippen LogP contribution in [0.15, 0.2) is 17.5 Å². The largest absolute Gasteiger partial charge is 0.341 e. The lowest BCUT2D eigenvalue weighted by Crippen LogP contribution is -2.51. The SMILES string of the molecule is CC(=O)N1CC(NCC(C)(C)C)CC(c2cccs2)C1. The number of thiophene rings is 1. The van der Waals surface area contributed by atoms with E-state index in [2.05, 4.69) is 43.6 Å². The average Bonchev–Trinajstić information content (AvgIpc) is 2.89. The predicted molar refractivity (Wildman–Crippen MR) is 85.2 cm³/mol. The molecule has 0 aromatic carbocycles. The standard InChI is InChI=1S/C16H26N2OS/c1-12(19)18-9-13(15-6-5-7-20-15)8-14(10-18)17-11-16(2,3)4/h5-7,13-14,17H,8-11H2,1-4H3. The lowest BCUT2D eigenvalue weighted by Gasteiger charge is -2.38. The van der Waals surface area contributed by atoms with Crippen LogP contribution in [0.3, 0.4) is 0 Å². The molecule has 0 aliphatic carbocycles. The van der Waals surface area contributed by atoms with Gasteiger partial charge in [-0.25, -0.2) is 0 Å². The molecule has 2 rings (SSSR count). The van der Waals surface area contributed by atoms with E-state index in [1.165, 1.54) is 4.88 Å². The quantitative estimate of drug-likeness (QED) is 0.929. The maximum atomic E-state index is 11.8. The monoisotopic (exact) mass is 294 g/mol. The number of amides is 1. The predicted octanol–water partition coefficient (Wildman–Crippen LogP) is 3.09. The van der Waals surface area contributed by atoms with Crippen LogP contribution in [0.2, 0.25) is 0 Å². The maximum absolute atomic E-state index is 11.8. The first-order valence-electron chi connectivity index (χ1n) is 7.37. The van der Waals surface area contributed by atoms with Crippen molar-refractivity contribution in [1.29, 1.82) is 0 Å². The lowest BCUT2D eigenvalue weighted by atomic mass is 9.91. The number of hydrogen-bond acceptors (Lipinski definition) is 3. The van der Waals surface area contributed by atoms with Gasteiger partial charge in [-0.05, 0) is 23.3 Å². The summed E-state index contributed by atoms with van der Waals surface area (Å²) in [5.74, 6) is 0.666. The Kier molecular flexibility index (Phi) is 4.86. The van der Waals surface area contributed by atoms with E-state index < -0.39 is 0 Å². The van der Waals surface area contributed by atoms with Crippen molar-refractivity contribution < 1.29 is 4.79 Å². The van der Waals surface area contributed by atoms with Gasteiger partial charge in [-0.1, -0.05) is 26.8 Å². The second kappa shape index (κ2) is 6.27. The summed E-state index contributed by atoms with van der Waals surface area (Å²) in [7, 11) is 0. The van der Waals surface area contributed by atoms with Gasteiger partial charge in [0.25, 0.3) is 0 Å². The van der Waals surface area contributed by atoms with Gasteiger partial charge < -0.3 is 10.2 Å². The van der Waals surface area contributed by atoms with Gasteiger partial charge in [0, 0.05) is 43.4 Å². The molecule has 4 heteroatoms. The first-order chi connectivity index (χ1) is 9.35. The molecular weight excluding hydrogens is 268 g/mol. The Hall–Kier alpha value is -0.870. The van der Waals surface area contributed by atoms with Crippen molar-refractivity contribution in [2.75, 3.05) is 19.6 Å². The van der Waals surface area contributed by atoms with Gasteiger partial charge >= 0.3 is 0 Å². The molecule has 1 aromatic rings. The zero-order valence-corrected chi connectivity index (χ0v) is 13.8. The number of nitrogens with zero attached hydrogens (tertiary/aromatic N) is 1. The average molecular weight is 294 g/mol. The summed E-state index contributed by atoms with van der Waals surface area (Å²) in [4.78, 5) is 15.2. The molecule has 1 aliphatic rings. The lowest BCUT2D eigenvalue weighted by molar-refractivity contribution is -0.130. The van der Waals surface area contributed by atoms with Crippen LogP contribution in [0.5, 0.6) is 0 Å². The summed E-state index contributed by atoms with van der Waals surface area (Å²) in [6.07, 6.45) is 1.13. The summed E-state index contributed by atoms with van der Waals surface area (Å²) in [5, 5.41) is 5.77. The minimum absolute atomic E-state index is 0.189. The van der Waals surface area contributed by atoms with Crippen LogP contribution in [-0.2, 0) is 4.79 Å². The third kappa shape index (κ3) is 4.32. The van der Waals surface area contributed by atoms with Crippen LogP contribution in [0.1, 0.15) is 44.9 Å². The summed E-state index contributed by atoms with van der Waals surface area (Å²) in [6, 6.07) is 4.70. The molecular formula is C16H26N2OS. The fourth-order valence-electron chi connectivity index (χ4n) is 2.68. The van der Waals surface area contributed by atoms with Crippen molar-refractivity contribution in [3.8, 4) is 0 Å². The first kappa shape index (κ1) is 15.5. The maximum Gasteiger partial charge on any atom is 0.219 e. The number of rotatable bonds is 3. The molecule has 1 N–H and O–H groups in total. The molecule has 0 saturated carbocycles. The molecule has 3 nitrogen and oxygen atoms in total. The Balaban J connectivity index is 2.03. The van der Waals surface area contributed by atoms with E-state index in [0.717, 1.165) is 26.1 Å². The van der Waals surface area contributed by atoms with Crippen molar-refractivity contribution in [3.63, 3.8) is 0 Å². The van der Waals surface area contributed by atoms with E-state index in [1.807, 2.05) is 4.90 Å². The highest BCUT2D eigenvalue weighted by atomic mass is 32.1. The zero-order chi connectivity index (χ0) is 14.8. The molecule has 20 heavy (non-hydrogen) atoms. The first-order valence-corrected chi connectivity index (χ1v) is 8.25. The van der Waals surface area contributed by atoms with Crippen LogP contribution < -0.4 is 5.32 Å². The fraction of sp³-hybridized carbons (Fsp3) is 0.688. The van der Waals surface area contributed by atoms with Gasteiger partial charge in [0.05, 0.1) is 0 Å². The number of nitrogens with one attached hydrogen (secondary N) is 1. The number of carbonyl (C=O) groups is 1. The number of likely N-dealkylation sites (tertiary alicyclic amines) is 1. The van der Waals surface area contributed by atoms with Gasteiger partial charge in [0.15, 0.2) is 0 Å². The molecule has 0 spiro atoms. The van der Waals surface area contributed by atoms with Gasteiger partial charge in [0.2, 0.25) is 5.91 Å². The van der Waals surface area contributed by atoms with Gasteiger partial charge in [-0.2, -0.15) is 0 Å². The van der Waals surface area contributed by atoms with E-state index in [1.54, 1.807) is 18.3 Å². The second-order valence-electron chi connectivity index (χ2n) is 7.01. The third-order valence-corrected chi connectivity index (χ3v) is 4.80. The molecule has 1 amide bonds. The highest BCUT2D eigenvalue weighted by Gasteiger charge is 2.30. The van der Waals surface area contributed by atoms with E-state index in [0.29, 0.717) is 12.0 Å². The summed E-state index contributed by atoms with van der Waals surface area (Å²) in [6.45, 7) is 11.1. The Morgan fingerprint density at radius 2 is 2.20 bits per heavy atom. The molecule has 0 radical (unpaired) electrons. The molecule has 1 fully saturated rings. The van der Waals surface area contributed by atoms with Gasteiger partial charge in [-0.3, -0.25) is 4.79 Å². The van der Waals surface area contributed by atoms with Gasteiger partial charge in [0.1, 0.15) is 0 Å². The Morgan fingerprint density at radius 3 is 2.75 bits per heavy atom. The van der Waals surface area contributed by atoms with Crippen LogP contribution in [-0.4, -0.2) is 36.5 Å². The summed E-state index contributed by atoms with van der Waals surface area (Å²) in [5.41, 5.74) is 0.275. The molecule has 112 valence electrons. The highest BCUT2D eigenvalue weighted by molar-refractivity contribution is 7.10. The molecule has 0 bridgehead atoms. The van der Waals surface area contributed by atoms with Crippen LogP contribution in [0, 0.1) is 5.41 Å². The Labute approximate surface area is 126 Å². The third-order valence-electron chi connectivity index (χ3n) is 3.76.